The molecule has 0 amide bonds. The second-order valence-corrected chi connectivity index (χ2v) is 38.8. The molecule has 0 radical (unpaired) electrons. The van der Waals surface area contributed by atoms with Crippen LogP contribution in [0.2, 0.25) is 51.8 Å². The van der Waals surface area contributed by atoms with Crippen LogP contribution in [0.4, 0.5) is 0 Å². The van der Waals surface area contributed by atoms with Crippen LogP contribution in [-0.4, -0.2) is 34.5 Å². The molecule has 2 aliphatic heterocycles. The Balaban J connectivity index is 2.21. The normalized spacial score (nSPS) is 25.5. The first-order valence-electron chi connectivity index (χ1n) is 10.1. The minimum atomic E-state index is -2.57. The van der Waals surface area contributed by atoms with E-state index in [2.05, 4.69) is 97.7 Å². The van der Waals surface area contributed by atoms with Gasteiger partial charge in [-0.05, 0) is 0 Å². The van der Waals surface area contributed by atoms with Crippen LogP contribution < -0.4 is 0 Å². The Morgan fingerprint density at radius 3 is 1.35 bits per heavy atom. The van der Waals surface area contributed by atoms with E-state index in [0.29, 0.717) is 8.60 Å². The molecule has 26 heavy (non-hydrogen) atoms. The SMILES string of the molecule is C[Si](C)(C)[C]1([Si](C)(C)C)C2c3ccccc3[CH](c3ccccc32)[Sn]1([CH3])[CH3]. The number of fused-ring (bicyclic) bond motifs is 1. The van der Waals surface area contributed by atoms with Gasteiger partial charge in [-0.15, -0.1) is 0 Å². The molecule has 1 aliphatic carbocycles. The number of hydrogen-bond acceptors (Lipinski definition) is 0. The van der Waals surface area contributed by atoms with Crippen LogP contribution in [0.15, 0.2) is 48.5 Å². The quantitative estimate of drug-likeness (QED) is 0.401. The fourth-order valence-corrected chi connectivity index (χ4v) is 68.7. The number of benzene rings is 2. The van der Waals surface area contributed by atoms with Crippen molar-refractivity contribution in [2.45, 2.75) is 61.7 Å². The van der Waals surface area contributed by atoms with Gasteiger partial charge < -0.3 is 0 Å². The van der Waals surface area contributed by atoms with Crippen LogP contribution in [0.25, 0.3) is 0 Å². The zero-order valence-corrected chi connectivity index (χ0v) is 22.6. The Labute approximate surface area is 166 Å². The summed E-state index contributed by atoms with van der Waals surface area (Å²) in [4.78, 5) is 5.66. The van der Waals surface area contributed by atoms with Gasteiger partial charge in [-0.25, -0.2) is 0 Å². The van der Waals surface area contributed by atoms with Crippen LogP contribution in [0.3, 0.4) is 0 Å². The molecular formula is C23H34Si2Sn. The Kier molecular flexibility index (Phi) is 4.10. The Morgan fingerprint density at radius 1 is 0.654 bits per heavy atom. The fourth-order valence-electron chi connectivity index (χ4n) is 8.18. The van der Waals surface area contributed by atoms with Crippen molar-refractivity contribution in [1.82, 2.24) is 0 Å². The molecule has 3 aliphatic rings. The van der Waals surface area contributed by atoms with Crippen molar-refractivity contribution in [3.8, 4) is 0 Å². The van der Waals surface area contributed by atoms with Gasteiger partial charge in [0.2, 0.25) is 0 Å². The van der Waals surface area contributed by atoms with E-state index in [1.54, 1.807) is 22.3 Å². The van der Waals surface area contributed by atoms with Crippen molar-refractivity contribution in [3.05, 3.63) is 70.8 Å². The van der Waals surface area contributed by atoms with Gasteiger partial charge in [-0.1, -0.05) is 0 Å². The molecule has 0 atom stereocenters. The molecule has 0 N–H and O–H groups in total. The van der Waals surface area contributed by atoms with Crippen molar-refractivity contribution < 1.29 is 0 Å². The topological polar surface area (TPSA) is 0 Å². The van der Waals surface area contributed by atoms with Gasteiger partial charge in [0.1, 0.15) is 0 Å². The molecule has 2 heterocycles. The molecule has 0 spiro atoms. The molecule has 138 valence electrons. The second kappa shape index (κ2) is 5.60. The summed E-state index contributed by atoms with van der Waals surface area (Å²) < 4.78 is 1.38. The molecule has 2 aromatic rings. The summed E-state index contributed by atoms with van der Waals surface area (Å²) in [5.74, 6) is 0.657. The average molecular weight is 485 g/mol. The molecule has 2 bridgehead atoms. The first kappa shape index (κ1) is 19.0. The van der Waals surface area contributed by atoms with E-state index < -0.39 is 34.5 Å². The molecule has 5 rings (SSSR count). The van der Waals surface area contributed by atoms with Gasteiger partial charge in [0.15, 0.2) is 0 Å². The first-order valence-corrected chi connectivity index (χ1v) is 25.9. The van der Waals surface area contributed by atoms with Crippen LogP contribution in [0.1, 0.15) is 32.1 Å². The average Bonchev–Trinajstić information content (AvgIpc) is 2.51. The molecule has 0 aromatic heterocycles. The van der Waals surface area contributed by atoms with Crippen LogP contribution in [-0.2, 0) is 0 Å². The summed E-state index contributed by atoms with van der Waals surface area (Å²) in [6.45, 7) is 16.2. The van der Waals surface area contributed by atoms with E-state index >= 15 is 0 Å². The summed E-state index contributed by atoms with van der Waals surface area (Å²) in [5, 5.41) is 0. The summed E-state index contributed by atoms with van der Waals surface area (Å²) >= 11 is -2.57. The van der Waals surface area contributed by atoms with E-state index in [9.17, 15) is 0 Å². The maximum atomic E-state index is 2.83. The zero-order chi connectivity index (χ0) is 19.1. The standard InChI is InChI=1S/C21H28Si2.2CH3.Sn/c1-22(2,3)21(23(4,5)6)20-18-13-9-7-11-16(18)15-17-12-8-10-14-19(17)20;;;/h7-15,20H,1-6H3;2*1H3;. The van der Waals surface area contributed by atoms with Crippen LogP contribution in [0, 0.1) is 0 Å². The third kappa shape index (κ3) is 2.07. The molecule has 0 saturated carbocycles. The summed E-state index contributed by atoms with van der Waals surface area (Å²) in [7, 11) is -2.83. The van der Waals surface area contributed by atoms with E-state index in [1.165, 1.54) is 0 Å². The molecule has 3 heteroatoms. The summed E-state index contributed by atoms with van der Waals surface area (Å²) in [5.41, 5.74) is 6.78. The van der Waals surface area contributed by atoms with Gasteiger partial charge in [0, 0.05) is 0 Å². The number of hydrogen-bond donors (Lipinski definition) is 0. The third-order valence-electron chi connectivity index (χ3n) is 7.77. The third-order valence-corrected chi connectivity index (χ3v) is 51.6. The molecule has 0 nitrogen and oxygen atoms in total. The van der Waals surface area contributed by atoms with E-state index in [1.807, 2.05) is 0 Å². The summed E-state index contributed by atoms with van der Waals surface area (Å²) in [6, 6.07) is 19.1. The molecule has 0 fully saturated rings. The zero-order valence-electron chi connectivity index (χ0n) is 17.8. The van der Waals surface area contributed by atoms with E-state index in [4.69, 9.17) is 0 Å². The van der Waals surface area contributed by atoms with Crippen LogP contribution >= 0.6 is 0 Å². The Morgan fingerprint density at radius 2 is 1.00 bits per heavy atom. The second-order valence-electron chi connectivity index (χ2n) is 11.2. The van der Waals surface area contributed by atoms with Gasteiger partial charge in [0.05, 0.1) is 0 Å². The van der Waals surface area contributed by atoms with Gasteiger partial charge >= 0.3 is 167 Å². The van der Waals surface area contributed by atoms with Crippen molar-refractivity contribution in [2.75, 3.05) is 0 Å². The van der Waals surface area contributed by atoms with Gasteiger partial charge in [-0.2, -0.15) is 0 Å². The first-order chi connectivity index (χ1) is 12.0. The molecular weight excluding hydrogens is 451 g/mol. The van der Waals surface area contributed by atoms with E-state index in [-0.39, 0.29) is 0 Å². The fraction of sp³-hybridized carbons (Fsp3) is 0.478. The van der Waals surface area contributed by atoms with Gasteiger partial charge in [0.25, 0.3) is 0 Å². The molecule has 2 aromatic carbocycles. The maximum absolute atomic E-state index is 2.83. The van der Waals surface area contributed by atoms with Crippen molar-refractivity contribution in [1.29, 1.82) is 0 Å². The van der Waals surface area contributed by atoms with Crippen molar-refractivity contribution in [3.63, 3.8) is 0 Å². The molecule has 0 unspecified atom stereocenters. The number of rotatable bonds is 2. The van der Waals surface area contributed by atoms with Gasteiger partial charge in [-0.3, -0.25) is 0 Å². The minimum absolute atomic E-state index is 0.641. The van der Waals surface area contributed by atoms with Crippen molar-refractivity contribution >= 4 is 34.5 Å². The van der Waals surface area contributed by atoms with Crippen LogP contribution in [0.5, 0.6) is 0 Å². The summed E-state index contributed by atoms with van der Waals surface area (Å²) in [6.07, 6.45) is 0. The molecule has 0 saturated heterocycles. The van der Waals surface area contributed by atoms with Crippen molar-refractivity contribution in [2.24, 2.45) is 0 Å². The van der Waals surface area contributed by atoms with E-state index in [0.717, 1.165) is 3.93 Å². The predicted octanol–water partition coefficient (Wildman–Crippen LogP) is 7.02. The Bertz CT molecular complexity index is 809. The predicted molar refractivity (Wildman–Crippen MR) is 123 cm³/mol. The monoisotopic (exact) mass is 486 g/mol. The Hall–Kier alpha value is -0.328.